The lowest BCUT2D eigenvalue weighted by molar-refractivity contribution is 0.290. The number of nitrogen functional groups attached to an aromatic ring is 1. The summed E-state index contributed by atoms with van der Waals surface area (Å²) in [4.78, 5) is 0. The van der Waals surface area contributed by atoms with Gasteiger partial charge in [0.25, 0.3) is 0 Å². The van der Waals surface area contributed by atoms with Crippen molar-refractivity contribution in [3.05, 3.63) is 57.3 Å². The van der Waals surface area contributed by atoms with Gasteiger partial charge < -0.3 is 10.5 Å². The number of halogens is 3. The number of rotatable bonds is 3. The summed E-state index contributed by atoms with van der Waals surface area (Å²) < 4.78 is 19.7. The van der Waals surface area contributed by atoms with E-state index in [2.05, 4.69) is 15.9 Å². The highest BCUT2D eigenvalue weighted by atomic mass is 79.9. The zero-order valence-electron chi connectivity index (χ0n) is 9.29. The molecule has 2 N–H and O–H groups in total. The normalized spacial score (nSPS) is 10.4. The van der Waals surface area contributed by atoms with E-state index in [1.807, 2.05) is 6.07 Å². The predicted octanol–water partition coefficient (Wildman–Crippen LogP) is 4.40. The van der Waals surface area contributed by atoms with E-state index in [-0.39, 0.29) is 17.4 Å². The molecule has 0 aliphatic rings. The van der Waals surface area contributed by atoms with Gasteiger partial charge >= 0.3 is 0 Å². The second-order valence-electron chi connectivity index (χ2n) is 3.73. The van der Waals surface area contributed by atoms with E-state index in [1.165, 1.54) is 12.1 Å². The monoisotopic (exact) mass is 329 g/mol. The number of para-hydroxylation sites is 1. The zero-order chi connectivity index (χ0) is 13.1. The third-order valence-corrected chi connectivity index (χ3v) is 3.04. The maximum atomic E-state index is 13.5. The minimum atomic E-state index is -0.481. The average Bonchev–Trinajstić information content (AvgIpc) is 2.27. The lowest BCUT2D eigenvalue weighted by atomic mass is 10.2. The third-order valence-electron chi connectivity index (χ3n) is 2.28. The van der Waals surface area contributed by atoms with E-state index in [9.17, 15) is 4.39 Å². The van der Waals surface area contributed by atoms with Gasteiger partial charge in [0, 0.05) is 10.2 Å². The number of nitrogens with two attached hydrogens (primary N) is 1. The Balaban J connectivity index is 2.16. The Morgan fingerprint density at radius 2 is 2.06 bits per heavy atom. The van der Waals surface area contributed by atoms with Crippen molar-refractivity contribution in [2.24, 2.45) is 0 Å². The fourth-order valence-corrected chi connectivity index (χ4v) is 2.31. The number of anilines is 1. The Kier molecular flexibility index (Phi) is 4.09. The van der Waals surface area contributed by atoms with Crippen molar-refractivity contribution >= 4 is 33.2 Å². The van der Waals surface area contributed by atoms with Gasteiger partial charge in [-0.1, -0.05) is 33.6 Å². The minimum Gasteiger partial charge on any atom is -0.484 e. The van der Waals surface area contributed by atoms with Crippen LogP contribution >= 0.6 is 27.5 Å². The van der Waals surface area contributed by atoms with E-state index in [0.717, 1.165) is 10.0 Å². The largest absolute Gasteiger partial charge is 0.484 e. The van der Waals surface area contributed by atoms with Crippen LogP contribution in [0.15, 0.2) is 40.9 Å². The first kappa shape index (κ1) is 13.2. The zero-order valence-corrected chi connectivity index (χ0v) is 11.6. The highest BCUT2D eigenvalue weighted by Gasteiger charge is 2.08. The van der Waals surface area contributed by atoms with Gasteiger partial charge in [-0.2, -0.15) is 0 Å². The molecule has 0 aliphatic carbocycles. The Hall–Kier alpha value is -1.26. The van der Waals surface area contributed by atoms with Gasteiger partial charge in [-0.05, 0) is 35.9 Å². The molecule has 2 rings (SSSR count). The van der Waals surface area contributed by atoms with Crippen LogP contribution in [0.25, 0.3) is 0 Å². The van der Waals surface area contributed by atoms with Crippen molar-refractivity contribution in [2.75, 3.05) is 5.73 Å². The molecular formula is C13H10BrClFNO. The van der Waals surface area contributed by atoms with Crippen LogP contribution in [0.5, 0.6) is 5.75 Å². The summed E-state index contributed by atoms with van der Waals surface area (Å²) in [5.41, 5.74) is 7.15. The summed E-state index contributed by atoms with van der Waals surface area (Å²) in [6.07, 6.45) is 0. The molecule has 0 saturated carbocycles. The summed E-state index contributed by atoms with van der Waals surface area (Å²) >= 11 is 9.19. The third kappa shape index (κ3) is 3.15. The quantitative estimate of drug-likeness (QED) is 0.846. The number of benzene rings is 2. The molecule has 0 spiro atoms. The summed E-state index contributed by atoms with van der Waals surface area (Å²) in [6.45, 7) is 0.199. The minimum absolute atomic E-state index is 0.0534. The van der Waals surface area contributed by atoms with Gasteiger partial charge in [0.05, 0.1) is 5.02 Å². The van der Waals surface area contributed by atoms with Crippen LogP contribution in [0.1, 0.15) is 5.56 Å². The van der Waals surface area contributed by atoms with Crippen molar-refractivity contribution < 1.29 is 9.13 Å². The van der Waals surface area contributed by atoms with Gasteiger partial charge in [-0.3, -0.25) is 0 Å². The van der Waals surface area contributed by atoms with Crippen LogP contribution in [-0.2, 0) is 6.61 Å². The molecule has 0 aliphatic heterocycles. The molecule has 0 fully saturated rings. The van der Waals surface area contributed by atoms with Crippen molar-refractivity contribution in [1.29, 1.82) is 0 Å². The first-order chi connectivity index (χ1) is 8.56. The van der Waals surface area contributed by atoms with Crippen molar-refractivity contribution in [2.45, 2.75) is 6.61 Å². The Morgan fingerprint density at radius 3 is 2.72 bits per heavy atom. The number of ether oxygens (including phenoxy) is 1. The molecule has 0 atom stereocenters. The topological polar surface area (TPSA) is 35.2 Å². The van der Waals surface area contributed by atoms with Gasteiger partial charge in [-0.25, -0.2) is 4.39 Å². The van der Waals surface area contributed by atoms with Gasteiger partial charge in [0.15, 0.2) is 11.6 Å². The first-order valence-electron chi connectivity index (χ1n) is 5.18. The van der Waals surface area contributed by atoms with Crippen LogP contribution in [0.2, 0.25) is 5.02 Å². The number of hydrogen-bond donors (Lipinski definition) is 1. The lowest BCUT2D eigenvalue weighted by Crippen LogP contribution is -1.99. The second-order valence-corrected chi connectivity index (χ2v) is 5.06. The molecule has 2 nitrogen and oxygen atoms in total. The van der Waals surface area contributed by atoms with Crippen LogP contribution in [0.3, 0.4) is 0 Å². The van der Waals surface area contributed by atoms with E-state index in [1.54, 1.807) is 18.2 Å². The van der Waals surface area contributed by atoms with Crippen LogP contribution in [0.4, 0.5) is 10.1 Å². The molecule has 0 unspecified atom stereocenters. The number of hydrogen-bond acceptors (Lipinski definition) is 2. The Morgan fingerprint density at radius 1 is 1.28 bits per heavy atom. The molecule has 94 valence electrons. The molecule has 0 bridgehead atoms. The molecule has 0 aromatic heterocycles. The molecule has 18 heavy (non-hydrogen) atoms. The fourth-order valence-electron chi connectivity index (χ4n) is 1.53. The molecule has 0 saturated heterocycles. The van der Waals surface area contributed by atoms with E-state index < -0.39 is 5.82 Å². The highest BCUT2D eigenvalue weighted by molar-refractivity contribution is 9.10. The standard InChI is InChI=1S/C13H10BrClFNO/c14-9-4-8(5-10(17)6-9)7-18-13-11(15)2-1-3-12(13)16/h1-6H,7,17H2. The van der Waals surface area contributed by atoms with Gasteiger partial charge in [0.2, 0.25) is 0 Å². The smallest absolute Gasteiger partial charge is 0.174 e. The van der Waals surface area contributed by atoms with Gasteiger partial charge in [-0.15, -0.1) is 0 Å². The maximum Gasteiger partial charge on any atom is 0.174 e. The first-order valence-corrected chi connectivity index (χ1v) is 6.35. The molecular weight excluding hydrogens is 321 g/mol. The summed E-state index contributed by atoms with van der Waals surface area (Å²) in [6, 6.07) is 9.80. The van der Waals surface area contributed by atoms with Crippen molar-refractivity contribution in [3.8, 4) is 5.75 Å². The van der Waals surface area contributed by atoms with Crippen LogP contribution < -0.4 is 10.5 Å². The Labute approximate surface area is 118 Å². The predicted molar refractivity (Wildman–Crippen MR) is 74.3 cm³/mol. The summed E-state index contributed by atoms with van der Waals surface area (Å²) in [5, 5.41) is 0.248. The van der Waals surface area contributed by atoms with E-state index >= 15 is 0 Å². The van der Waals surface area contributed by atoms with Crippen LogP contribution in [0, 0.1) is 5.82 Å². The van der Waals surface area contributed by atoms with E-state index in [4.69, 9.17) is 22.1 Å². The maximum absolute atomic E-state index is 13.5. The molecule has 0 radical (unpaired) electrons. The SMILES string of the molecule is Nc1cc(Br)cc(COc2c(F)cccc2Cl)c1. The lowest BCUT2D eigenvalue weighted by Gasteiger charge is -2.09. The second kappa shape index (κ2) is 5.59. The summed E-state index contributed by atoms with van der Waals surface area (Å²) in [7, 11) is 0. The summed E-state index contributed by atoms with van der Waals surface area (Å²) in [5.74, 6) is -0.428. The van der Waals surface area contributed by atoms with Crippen LogP contribution in [-0.4, -0.2) is 0 Å². The fraction of sp³-hybridized carbons (Fsp3) is 0.0769. The Bertz CT molecular complexity index is 536. The molecule has 2 aromatic rings. The highest BCUT2D eigenvalue weighted by Crippen LogP contribution is 2.28. The van der Waals surface area contributed by atoms with Crippen molar-refractivity contribution in [1.82, 2.24) is 0 Å². The van der Waals surface area contributed by atoms with Gasteiger partial charge in [0.1, 0.15) is 6.61 Å². The molecule has 0 amide bonds. The average molecular weight is 331 g/mol. The molecule has 2 aromatic carbocycles. The molecule has 0 heterocycles. The van der Waals surface area contributed by atoms with Crippen molar-refractivity contribution in [3.63, 3.8) is 0 Å². The van der Waals surface area contributed by atoms with E-state index in [0.29, 0.717) is 5.69 Å². The molecule has 5 heteroatoms.